The number of benzene rings is 1. The average molecular weight is 281 g/mol. The van der Waals surface area contributed by atoms with E-state index in [1.807, 2.05) is 0 Å². The first-order valence-corrected chi connectivity index (χ1v) is 6.14. The third kappa shape index (κ3) is 2.88. The standard InChI is InChI=1S/C12H8ClNO3S/c13-10-5-4-9(18-10)11(15)14-8-3-1-2-7(6-8)12(16)17/h1-6H,(H,14,15)(H,16,17)/p-1. The van der Waals surface area contributed by atoms with Gasteiger partial charge in [0.1, 0.15) is 0 Å². The van der Waals surface area contributed by atoms with E-state index in [0.717, 1.165) is 11.3 Å². The number of rotatable bonds is 3. The maximum atomic E-state index is 11.8. The summed E-state index contributed by atoms with van der Waals surface area (Å²) in [4.78, 5) is 22.9. The Morgan fingerprint density at radius 3 is 2.61 bits per heavy atom. The van der Waals surface area contributed by atoms with Crippen LogP contribution in [0.5, 0.6) is 0 Å². The quantitative estimate of drug-likeness (QED) is 0.935. The Morgan fingerprint density at radius 2 is 2.00 bits per heavy atom. The molecule has 1 N–H and O–H groups in total. The minimum atomic E-state index is -1.29. The van der Waals surface area contributed by atoms with Crippen molar-refractivity contribution < 1.29 is 14.7 Å². The molecule has 0 radical (unpaired) electrons. The topological polar surface area (TPSA) is 69.2 Å². The summed E-state index contributed by atoms with van der Waals surface area (Å²) in [5, 5.41) is 13.3. The highest BCUT2D eigenvalue weighted by atomic mass is 35.5. The van der Waals surface area contributed by atoms with Crippen molar-refractivity contribution in [1.29, 1.82) is 0 Å². The molecule has 1 aromatic carbocycles. The molecule has 0 unspecified atom stereocenters. The van der Waals surface area contributed by atoms with Gasteiger partial charge in [-0.3, -0.25) is 4.79 Å². The Kier molecular flexibility index (Phi) is 3.64. The normalized spacial score (nSPS) is 10.1. The van der Waals surface area contributed by atoms with Gasteiger partial charge in [-0.15, -0.1) is 11.3 Å². The fraction of sp³-hybridized carbons (Fsp3) is 0. The minimum Gasteiger partial charge on any atom is -0.545 e. The van der Waals surface area contributed by atoms with Crippen LogP contribution >= 0.6 is 22.9 Å². The van der Waals surface area contributed by atoms with Crippen molar-refractivity contribution in [1.82, 2.24) is 0 Å². The van der Waals surface area contributed by atoms with Crippen molar-refractivity contribution in [2.45, 2.75) is 0 Å². The number of carbonyl (C=O) groups excluding carboxylic acids is 2. The van der Waals surface area contributed by atoms with Gasteiger partial charge < -0.3 is 15.2 Å². The average Bonchev–Trinajstić information content (AvgIpc) is 2.76. The van der Waals surface area contributed by atoms with Crippen molar-refractivity contribution in [3.63, 3.8) is 0 Å². The second kappa shape index (κ2) is 5.20. The van der Waals surface area contributed by atoms with Gasteiger partial charge in [0.15, 0.2) is 0 Å². The largest absolute Gasteiger partial charge is 0.545 e. The van der Waals surface area contributed by atoms with Crippen molar-refractivity contribution in [3.8, 4) is 0 Å². The number of aromatic carboxylic acids is 1. The minimum absolute atomic E-state index is 0.0111. The molecule has 0 aliphatic heterocycles. The van der Waals surface area contributed by atoms with E-state index in [1.54, 1.807) is 18.2 Å². The zero-order valence-corrected chi connectivity index (χ0v) is 10.5. The Morgan fingerprint density at radius 1 is 1.22 bits per heavy atom. The lowest BCUT2D eigenvalue weighted by atomic mass is 10.2. The van der Waals surface area contributed by atoms with Crippen LogP contribution in [-0.2, 0) is 0 Å². The molecule has 0 aliphatic rings. The van der Waals surface area contributed by atoms with Crippen molar-refractivity contribution in [3.05, 3.63) is 51.2 Å². The van der Waals surface area contributed by atoms with Gasteiger partial charge >= 0.3 is 0 Å². The molecule has 0 saturated heterocycles. The Labute approximate surface area is 112 Å². The van der Waals surface area contributed by atoms with Gasteiger partial charge in [0.05, 0.1) is 15.2 Å². The third-order valence-electron chi connectivity index (χ3n) is 2.15. The van der Waals surface area contributed by atoms with Crippen LogP contribution in [0.1, 0.15) is 20.0 Å². The SMILES string of the molecule is O=C([O-])c1cccc(NC(=O)c2ccc(Cl)s2)c1. The van der Waals surface area contributed by atoms with Gasteiger partial charge in [0, 0.05) is 5.69 Å². The van der Waals surface area contributed by atoms with E-state index in [0.29, 0.717) is 14.9 Å². The molecule has 0 saturated carbocycles. The van der Waals surface area contributed by atoms with Crippen LogP contribution in [0.4, 0.5) is 5.69 Å². The smallest absolute Gasteiger partial charge is 0.265 e. The molecule has 1 amide bonds. The molecule has 0 aliphatic carbocycles. The molecule has 6 heteroatoms. The Hall–Kier alpha value is -1.85. The zero-order valence-electron chi connectivity index (χ0n) is 8.98. The second-order valence-corrected chi connectivity index (χ2v) is 5.14. The van der Waals surface area contributed by atoms with Gasteiger partial charge in [-0.25, -0.2) is 0 Å². The number of amides is 1. The number of hydrogen-bond acceptors (Lipinski definition) is 4. The summed E-state index contributed by atoms with van der Waals surface area (Å²) in [6.45, 7) is 0. The van der Waals surface area contributed by atoms with E-state index >= 15 is 0 Å². The highest BCUT2D eigenvalue weighted by molar-refractivity contribution is 7.18. The van der Waals surface area contributed by atoms with Gasteiger partial charge in [-0.05, 0) is 29.8 Å². The molecule has 0 spiro atoms. The van der Waals surface area contributed by atoms with E-state index in [2.05, 4.69) is 5.32 Å². The third-order valence-corrected chi connectivity index (χ3v) is 3.38. The highest BCUT2D eigenvalue weighted by Crippen LogP contribution is 2.22. The van der Waals surface area contributed by atoms with E-state index < -0.39 is 5.97 Å². The second-order valence-electron chi connectivity index (χ2n) is 3.43. The molecular weight excluding hydrogens is 274 g/mol. The molecule has 4 nitrogen and oxygen atoms in total. The van der Waals surface area contributed by atoms with Crippen LogP contribution in [0.3, 0.4) is 0 Å². The molecule has 0 fully saturated rings. The Bertz CT molecular complexity index is 609. The zero-order chi connectivity index (χ0) is 13.1. The molecule has 18 heavy (non-hydrogen) atoms. The van der Waals surface area contributed by atoms with Crippen LogP contribution in [-0.4, -0.2) is 11.9 Å². The van der Waals surface area contributed by atoms with Gasteiger partial charge in [0.25, 0.3) is 5.91 Å². The summed E-state index contributed by atoms with van der Waals surface area (Å²) in [7, 11) is 0. The van der Waals surface area contributed by atoms with Gasteiger partial charge in [0.2, 0.25) is 0 Å². The van der Waals surface area contributed by atoms with Gasteiger partial charge in [-0.2, -0.15) is 0 Å². The molecule has 92 valence electrons. The number of carboxylic acid groups (broad SMARTS) is 1. The summed E-state index contributed by atoms with van der Waals surface area (Å²) in [6, 6.07) is 9.08. The Balaban J connectivity index is 2.16. The summed E-state index contributed by atoms with van der Waals surface area (Å²) < 4.78 is 0.517. The fourth-order valence-electron chi connectivity index (χ4n) is 1.35. The van der Waals surface area contributed by atoms with Crippen LogP contribution in [0.25, 0.3) is 0 Å². The lowest BCUT2D eigenvalue weighted by Crippen LogP contribution is -2.22. The van der Waals surface area contributed by atoms with Crippen LogP contribution in [0.2, 0.25) is 4.34 Å². The monoisotopic (exact) mass is 280 g/mol. The van der Waals surface area contributed by atoms with E-state index in [1.165, 1.54) is 18.2 Å². The number of thiophene rings is 1. The van der Waals surface area contributed by atoms with E-state index in [4.69, 9.17) is 11.6 Å². The maximum Gasteiger partial charge on any atom is 0.265 e. The van der Waals surface area contributed by atoms with Crippen LogP contribution < -0.4 is 10.4 Å². The molecule has 0 bridgehead atoms. The molecule has 2 rings (SSSR count). The van der Waals surface area contributed by atoms with E-state index in [9.17, 15) is 14.7 Å². The number of carboxylic acids is 1. The highest BCUT2D eigenvalue weighted by Gasteiger charge is 2.09. The van der Waals surface area contributed by atoms with Crippen molar-refractivity contribution in [2.75, 3.05) is 5.32 Å². The first-order chi connectivity index (χ1) is 8.56. The number of anilines is 1. The summed E-state index contributed by atoms with van der Waals surface area (Å²) >= 11 is 6.88. The van der Waals surface area contributed by atoms with Crippen LogP contribution in [0, 0.1) is 0 Å². The number of halogens is 1. The maximum absolute atomic E-state index is 11.8. The summed E-state index contributed by atoms with van der Waals surface area (Å²) in [6.07, 6.45) is 0. The fourth-order valence-corrected chi connectivity index (χ4v) is 2.29. The number of hydrogen-bond donors (Lipinski definition) is 1. The first-order valence-electron chi connectivity index (χ1n) is 4.94. The number of nitrogens with one attached hydrogen (secondary N) is 1. The van der Waals surface area contributed by atoms with Crippen molar-refractivity contribution >= 4 is 40.5 Å². The van der Waals surface area contributed by atoms with Crippen LogP contribution in [0.15, 0.2) is 36.4 Å². The molecule has 1 heterocycles. The van der Waals surface area contributed by atoms with Crippen molar-refractivity contribution in [2.24, 2.45) is 0 Å². The summed E-state index contributed by atoms with van der Waals surface area (Å²) in [5.41, 5.74) is 0.406. The molecule has 0 atom stereocenters. The lowest BCUT2D eigenvalue weighted by Gasteiger charge is -2.06. The van der Waals surface area contributed by atoms with E-state index in [-0.39, 0.29) is 11.5 Å². The first kappa shape index (κ1) is 12.6. The molecular formula is C12H7ClNO3S-. The predicted octanol–water partition coefficient (Wildman–Crippen LogP) is 2.02. The molecule has 1 aromatic heterocycles. The number of carbonyl (C=O) groups is 2. The summed E-state index contributed by atoms with van der Waals surface area (Å²) in [5.74, 6) is -1.62. The lowest BCUT2D eigenvalue weighted by molar-refractivity contribution is -0.255. The van der Waals surface area contributed by atoms with Gasteiger partial charge in [-0.1, -0.05) is 23.7 Å². The molecule has 2 aromatic rings. The predicted molar refractivity (Wildman–Crippen MR) is 68.1 cm³/mol.